The Kier molecular flexibility index (Phi) is 9.03. The number of likely N-dealkylation sites (tertiary alicyclic amines) is 1. The Morgan fingerprint density at radius 2 is 1.67 bits per heavy atom. The van der Waals surface area contributed by atoms with Gasteiger partial charge in [0.05, 0.1) is 11.6 Å². The highest BCUT2D eigenvalue weighted by molar-refractivity contribution is 6.04. The van der Waals surface area contributed by atoms with Crippen LogP contribution in [0.2, 0.25) is 0 Å². The van der Waals surface area contributed by atoms with Crippen LogP contribution in [0.5, 0.6) is 0 Å². The molecule has 1 heterocycles. The zero-order valence-electron chi connectivity index (χ0n) is 18.6. The number of halogens is 3. The maximum atomic E-state index is 12.8. The highest BCUT2D eigenvalue weighted by Crippen LogP contribution is 2.29. The quantitative estimate of drug-likeness (QED) is 0.236. The standard InChI is InChI=1S/C25H30F3N3O2/c26-25(27,28)21-11-9-19(10-12-21)23(32)14-13-22(31-16-5-2-6-17-31)24(30-33-18-15-29)20-7-3-1-4-8-20/h1,3-4,7-12,22H,2,5-6,13-18,29H2. The van der Waals surface area contributed by atoms with E-state index in [0.29, 0.717) is 13.0 Å². The molecule has 1 aliphatic rings. The average Bonchev–Trinajstić information content (AvgIpc) is 2.83. The fraction of sp³-hybridized carbons (Fsp3) is 0.440. The van der Waals surface area contributed by atoms with Gasteiger partial charge in [0.25, 0.3) is 0 Å². The van der Waals surface area contributed by atoms with Crippen LogP contribution in [0.4, 0.5) is 13.2 Å². The number of carbonyl (C=O) groups is 1. The van der Waals surface area contributed by atoms with E-state index in [2.05, 4.69) is 10.1 Å². The van der Waals surface area contributed by atoms with Crippen LogP contribution >= 0.6 is 0 Å². The van der Waals surface area contributed by atoms with Gasteiger partial charge in [0.2, 0.25) is 0 Å². The Balaban J connectivity index is 1.81. The zero-order chi connectivity index (χ0) is 23.7. The summed E-state index contributed by atoms with van der Waals surface area (Å²) in [6.45, 7) is 2.41. The van der Waals surface area contributed by atoms with Crippen LogP contribution in [0, 0.1) is 0 Å². The molecule has 1 unspecified atom stereocenters. The van der Waals surface area contributed by atoms with Crippen molar-refractivity contribution < 1.29 is 22.8 Å². The number of hydrogen-bond donors (Lipinski definition) is 1. The fourth-order valence-corrected chi connectivity index (χ4v) is 4.06. The molecule has 0 radical (unpaired) electrons. The first-order chi connectivity index (χ1) is 15.9. The number of benzene rings is 2. The molecule has 33 heavy (non-hydrogen) atoms. The molecule has 0 aromatic heterocycles. The second-order valence-electron chi connectivity index (χ2n) is 8.11. The fourth-order valence-electron chi connectivity index (χ4n) is 4.06. The summed E-state index contributed by atoms with van der Waals surface area (Å²) in [4.78, 5) is 20.6. The maximum absolute atomic E-state index is 12.8. The lowest BCUT2D eigenvalue weighted by Gasteiger charge is -2.35. The second-order valence-corrected chi connectivity index (χ2v) is 8.11. The first-order valence-corrected chi connectivity index (χ1v) is 11.3. The van der Waals surface area contributed by atoms with Gasteiger partial charge in [0.1, 0.15) is 12.3 Å². The lowest BCUT2D eigenvalue weighted by Crippen LogP contribution is -2.45. The minimum absolute atomic E-state index is 0.149. The van der Waals surface area contributed by atoms with Crippen molar-refractivity contribution >= 4 is 11.5 Å². The largest absolute Gasteiger partial charge is 0.416 e. The van der Waals surface area contributed by atoms with Crippen molar-refractivity contribution in [1.82, 2.24) is 4.90 Å². The number of alkyl halides is 3. The van der Waals surface area contributed by atoms with Gasteiger partial charge in [0, 0.05) is 24.1 Å². The van der Waals surface area contributed by atoms with Crippen LogP contribution < -0.4 is 5.73 Å². The number of rotatable bonds is 10. The van der Waals surface area contributed by atoms with Crippen molar-refractivity contribution in [3.8, 4) is 0 Å². The molecule has 0 aliphatic carbocycles. The predicted octanol–water partition coefficient (Wildman–Crippen LogP) is 4.90. The first-order valence-electron chi connectivity index (χ1n) is 11.3. The van der Waals surface area contributed by atoms with E-state index in [-0.39, 0.29) is 30.4 Å². The summed E-state index contributed by atoms with van der Waals surface area (Å²) in [7, 11) is 0. The van der Waals surface area contributed by atoms with Crippen molar-refractivity contribution in [3.05, 3.63) is 71.3 Å². The number of nitrogens with two attached hydrogens (primary N) is 1. The smallest absolute Gasteiger partial charge is 0.394 e. The van der Waals surface area contributed by atoms with Crippen LogP contribution in [0.1, 0.15) is 53.6 Å². The van der Waals surface area contributed by atoms with Crippen LogP contribution in [-0.2, 0) is 11.0 Å². The molecule has 2 aromatic carbocycles. The second kappa shape index (κ2) is 12.0. The Morgan fingerprint density at radius 3 is 2.27 bits per heavy atom. The van der Waals surface area contributed by atoms with E-state index >= 15 is 0 Å². The van der Waals surface area contributed by atoms with Crippen molar-refractivity contribution in [3.63, 3.8) is 0 Å². The highest BCUT2D eigenvalue weighted by atomic mass is 19.4. The van der Waals surface area contributed by atoms with Gasteiger partial charge in [-0.1, -0.05) is 54.0 Å². The molecule has 1 aliphatic heterocycles. The number of ketones is 1. The molecule has 2 N–H and O–H groups in total. The first kappa shape index (κ1) is 24.9. The SMILES string of the molecule is NCCON=C(c1ccccc1)C(CCC(=O)c1ccc(C(F)(F)F)cc1)N1CCCCC1. The molecule has 2 aromatic rings. The Hall–Kier alpha value is -2.71. The number of oxime groups is 1. The normalized spacial score (nSPS) is 16.4. The lowest BCUT2D eigenvalue weighted by atomic mass is 9.93. The topological polar surface area (TPSA) is 67.9 Å². The number of piperidine rings is 1. The van der Waals surface area contributed by atoms with Gasteiger partial charge in [-0.05, 0) is 44.5 Å². The Bertz CT molecular complexity index is 909. The van der Waals surface area contributed by atoms with Crippen LogP contribution in [0.3, 0.4) is 0 Å². The summed E-state index contributed by atoms with van der Waals surface area (Å²) in [5.41, 5.74) is 6.72. The van der Waals surface area contributed by atoms with Gasteiger partial charge in [-0.3, -0.25) is 9.69 Å². The summed E-state index contributed by atoms with van der Waals surface area (Å²) in [6, 6.07) is 13.9. The molecule has 1 saturated heterocycles. The third-order valence-corrected chi connectivity index (χ3v) is 5.77. The number of nitrogens with zero attached hydrogens (tertiary/aromatic N) is 2. The molecule has 8 heteroatoms. The third-order valence-electron chi connectivity index (χ3n) is 5.77. The van der Waals surface area contributed by atoms with Gasteiger partial charge < -0.3 is 10.6 Å². The van der Waals surface area contributed by atoms with E-state index in [1.165, 1.54) is 12.1 Å². The van der Waals surface area contributed by atoms with Crippen molar-refractivity contribution in [1.29, 1.82) is 0 Å². The van der Waals surface area contributed by atoms with E-state index in [1.807, 2.05) is 30.3 Å². The van der Waals surface area contributed by atoms with E-state index in [1.54, 1.807) is 0 Å². The molecule has 0 amide bonds. The van der Waals surface area contributed by atoms with Crippen molar-refractivity contribution in [2.45, 2.75) is 44.3 Å². The molecule has 0 spiro atoms. The molecule has 0 bridgehead atoms. The molecular formula is C25H30F3N3O2. The van der Waals surface area contributed by atoms with Gasteiger partial charge in [-0.2, -0.15) is 13.2 Å². The van der Waals surface area contributed by atoms with Gasteiger partial charge >= 0.3 is 6.18 Å². The molecular weight excluding hydrogens is 431 g/mol. The van der Waals surface area contributed by atoms with E-state index < -0.39 is 11.7 Å². The van der Waals surface area contributed by atoms with Crippen LogP contribution in [0.15, 0.2) is 59.8 Å². The molecule has 1 atom stereocenters. The van der Waals surface area contributed by atoms with Gasteiger partial charge in [0.15, 0.2) is 5.78 Å². The van der Waals surface area contributed by atoms with Gasteiger partial charge in [-0.15, -0.1) is 0 Å². The maximum Gasteiger partial charge on any atom is 0.416 e. The monoisotopic (exact) mass is 461 g/mol. The number of hydrogen-bond acceptors (Lipinski definition) is 5. The molecule has 0 saturated carbocycles. The summed E-state index contributed by atoms with van der Waals surface area (Å²) in [6.07, 6.45) is -0.459. The highest BCUT2D eigenvalue weighted by Gasteiger charge is 2.31. The van der Waals surface area contributed by atoms with E-state index in [0.717, 1.165) is 55.8 Å². The number of carbonyl (C=O) groups excluding carboxylic acids is 1. The predicted molar refractivity (Wildman–Crippen MR) is 122 cm³/mol. The van der Waals surface area contributed by atoms with E-state index in [4.69, 9.17) is 10.6 Å². The summed E-state index contributed by atoms with van der Waals surface area (Å²) >= 11 is 0. The zero-order valence-corrected chi connectivity index (χ0v) is 18.6. The minimum atomic E-state index is -4.43. The Morgan fingerprint density at radius 1 is 1.00 bits per heavy atom. The van der Waals surface area contributed by atoms with Crippen LogP contribution in [-0.4, -0.2) is 48.7 Å². The molecule has 3 rings (SSSR count). The summed E-state index contributed by atoms with van der Waals surface area (Å²) in [5, 5.41) is 4.41. The Labute approximate surface area is 192 Å². The van der Waals surface area contributed by atoms with Gasteiger partial charge in [-0.25, -0.2) is 0 Å². The minimum Gasteiger partial charge on any atom is -0.394 e. The number of Topliss-reactive ketones (excluding diaryl/α,β-unsaturated/α-hetero) is 1. The third kappa shape index (κ3) is 7.14. The van der Waals surface area contributed by atoms with Crippen molar-refractivity contribution in [2.75, 3.05) is 26.2 Å². The molecule has 1 fully saturated rings. The lowest BCUT2D eigenvalue weighted by molar-refractivity contribution is -0.137. The van der Waals surface area contributed by atoms with E-state index in [9.17, 15) is 18.0 Å². The molecule has 178 valence electrons. The average molecular weight is 462 g/mol. The molecule has 5 nitrogen and oxygen atoms in total. The summed E-state index contributed by atoms with van der Waals surface area (Å²) < 4.78 is 38.5. The summed E-state index contributed by atoms with van der Waals surface area (Å²) in [5.74, 6) is -0.193. The van der Waals surface area contributed by atoms with Crippen LogP contribution in [0.25, 0.3) is 0 Å². The van der Waals surface area contributed by atoms with Crippen molar-refractivity contribution in [2.24, 2.45) is 10.9 Å².